The van der Waals surface area contributed by atoms with Gasteiger partial charge in [-0.15, -0.1) is 20.4 Å². The third-order valence-electron chi connectivity index (χ3n) is 3.58. The Hall–Kier alpha value is -2.39. The summed E-state index contributed by atoms with van der Waals surface area (Å²) in [5, 5.41) is 17.3. The van der Waals surface area contributed by atoms with Crippen LogP contribution >= 0.6 is 11.8 Å². The first-order valence-electron chi connectivity index (χ1n) is 7.55. The molecule has 0 saturated heterocycles. The van der Waals surface area contributed by atoms with Crippen molar-refractivity contribution in [3.63, 3.8) is 0 Å². The first kappa shape index (κ1) is 16.5. The number of benzene rings is 1. The largest absolute Gasteiger partial charge is 0.497 e. The van der Waals surface area contributed by atoms with Crippen LogP contribution in [-0.4, -0.2) is 36.6 Å². The molecule has 0 bridgehead atoms. The molecule has 1 aromatic carbocycles. The van der Waals surface area contributed by atoms with E-state index in [1.807, 2.05) is 33.4 Å². The lowest BCUT2D eigenvalue weighted by Gasteiger charge is -2.10. The van der Waals surface area contributed by atoms with E-state index in [-0.39, 0.29) is 0 Å². The van der Waals surface area contributed by atoms with Crippen LogP contribution in [0, 0.1) is 0 Å². The Morgan fingerprint density at radius 2 is 1.92 bits per heavy atom. The van der Waals surface area contributed by atoms with Gasteiger partial charge < -0.3 is 15.0 Å². The number of ether oxygens (including phenoxy) is 1. The van der Waals surface area contributed by atoms with E-state index in [0.717, 1.165) is 29.0 Å². The zero-order valence-corrected chi connectivity index (χ0v) is 14.4. The molecule has 24 heavy (non-hydrogen) atoms. The molecule has 126 valence electrons. The third-order valence-corrected chi connectivity index (χ3v) is 4.51. The topological polar surface area (TPSA) is 96.7 Å². The van der Waals surface area contributed by atoms with Crippen LogP contribution in [0.1, 0.15) is 18.6 Å². The molecule has 2 heterocycles. The van der Waals surface area contributed by atoms with Crippen LogP contribution in [0.5, 0.6) is 5.75 Å². The lowest BCUT2D eigenvalue weighted by molar-refractivity contribution is 0.414. The Morgan fingerprint density at radius 3 is 2.58 bits per heavy atom. The molecule has 0 fully saturated rings. The Bertz CT molecular complexity index is 797. The SMILES string of the molecule is CCn1cnnc1CSc1nnc(CN)n1-c1ccc(OC)cc1. The van der Waals surface area contributed by atoms with Crippen molar-refractivity contribution in [3.05, 3.63) is 42.2 Å². The second kappa shape index (κ2) is 7.45. The highest BCUT2D eigenvalue weighted by Gasteiger charge is 2.15. The zero-order chi connectivity index (χ0) is 16.9. The van der Waals surface area contributed by atoms with Gasteiger partial charge in [-0.05, 0) is 31.2 Å². The van der Waals surface area contributed by atoms with Gasteiger partial charge in [0.15, 0.2) is 11.0 Å². The Kier molecular flexibility index (Phi) is 5.11. The van der Waals surface area contributed by atoms with E-state index < -0.39 is 0 Å². The second-order valence-corrected chi connectivity index (χ2v) is 5.90. The fourth-order valence-corrected chi connectivity index (χ4v) is 3.22. The summed E-state index contributed by atoms with van der Waals surface area (Å²) in [6.45, 7) is 3.21. The quantitative estimate of drug-likeness (QED) is 0.650. The summed E-state index contributed by atoms with van der Waals surface area (Å²) < 4.78 is 9.17. The van der Waals surface area contributed by atoms with E-state index >= 15 is 0 Å². The summed E-state index contributed by atoms with van der Waals surface area (Å²) in [5.41, 5.74) is 6.76. The Morgan fingerprint density at radius 1 is 1.12 bits per heavy atom. The molecule has 0 amide bonds. The van der Waals surface area contributed by atoms with Gasteiger partial charge in [0.25, 0.3) is 0 Å². The molecule has 9 heteroatoms. The normalized spacial score (nSPS) is 11.0. The highest BCUT2D eigenvalue weighted by atomic mass is 32.2. The average Bonchev–Trinajstić information content (AvgIpc) is 3.25. The summed E-state index contributed by atoms with van der Waals surface area (Å²) >= 11 is 1.55. The number of hydrogen-bond acceptors (Lipinski definition) is 7. The molecule has 8 nitrogen and oxygen atoms in total. The maximum atomic E-state index is 5.81. The van der Waals surface area contributed by atoms with Gasteiger partial charge in [-0.1, -0.05) is 11.8 Å². The second-order valence-electron chi connectivity index (χ2n) is 4.96. The minimum atomic E-state index is 0.310. The molecular formula is C15H19N7OS. The molecule has 3 rings (SSSR count). The Labute approximate surface area is 144 Å². The summed E-state index contributed by atoms with van der Waals surface area (Å²) in [7, 11) is 1.64. The van der Waals surface area contributed by atoms with Gasteiger partial charge >= 0.3 is 0 Å². The van der Waals surface area contributed by atoms with E-state index in [4.69, 9.17) is 10.5 Å². The molecule has 0 aliphatic carbocycles. The van der Waals surface area contributed by atoms with Crippen molar-refractivity contribution in [2.75, 3.05) is 7.11 Å². The maximum absolute atomic E-state index is 5.81. The van der Waals surface area contributed by atoms with E-state index in [1.165, 1.54) is 0 Å². The smallest absolute Gasteiger partial charge is 0.196 e. The molecule has 3 aromatic rings. The molecule has 0 aliphatic rings. The first-order chi connectivity index (χ1) is 11.8. The summed E-state index contributed by atoms with van der Waals surface area (Å²) in [4.78, 5) is 0. The van der Waals surface area contributed by atoms with Crippen LogP contribution in [-0.2, 0) is 18.8 Å². The number of aryl methyl sites for hydroxylation is 1. The van der Waals surface area contributed by atoms with Crippen LogP contribution in [0.15, 0.2) is 35.7 Å². The number of methoxy groups -OCH3 is 1. The van der Waals surface area contributed by atoms with Crippen LogP contribution in [0.3, 0.4) is 0 Å². The number of aromatic nitrogens is 6. The molecule has 2 N–H and O–H groups in total. The van der Waals surface area contributed by atoms with Gasteiger partial charge in [-0.2, -0.15) is 0 Å². The minimum Gasteiger partial charge on any atom is -0.497 e. The molecule has 2 aromatic heterocycles. The first-order valence-corrected chi connectivity index (χ1v) is 8.53. The zero-order valence-electron chi connectivity index (χ0n) is 13.6. The van der Waals surface area contributed by atoms with Crippen molar-refractivity contribution < 1.29 is 4.74 Å². The minimum absolute atomic E-state index is 0.310. The van der Waals surface area contributed by atoms with Gasteiger partial charge in [-0.3, -0.25) is 4.57 Å². The van der Waals surface area contributed by atoms with Gasteiger partial charge in [-0.25, -0.2) is 0 Å². The standard InChI is InChI=1S/C15H19N7OS/c1-3-21-10-17-18-14(21)9-24-15-20-19-13(8-16)22(15)11-4-6-12(23-2)7-5-11/h4-7,10H,3,8-9,16H2,1-2H3. The number of thioether (sulfide) groups is 1. The van der Waals surface area contributed by atoms with Crippen molar-refractivity contribution in [3.8, 4) is 11.4 Å². The number of nitrogens with zero attached hydrogens (tertiary/aromatic N) is 6. The molecule has 0 spiro atoms. The monoisotopic (exact) mass is 345 g/mol. The third kappa shape index (κ3) is 3.26. The average molecular weight is 345 g/mol. The van der Waals surface area contributed by atoms with Crippen molar-refractivity contribution in [1.29, 1.82) is 0 Å². The highest BCUT2D eigenvalue weighted by molar-refractivity contribution is 7.98. The summed E-state index contributed by atoms with van der Waals surface area (Å²) in [5.74, 6) is 3.07. The van der Waals surface area contributed by atoms with E-state index in [0.29, 0.717) is 18.1 Å². The van der Waals surface area contributed by atoms with Crippen LogP contribution in [0.2, 0.25) is 0 Å². The fraction of sp³-hybridized carbons (Fsp3) is 0.333. The number of nitrogens with two attached hydrogens (primary N) is 1. The molecular weight excluding hydrogens is 326 g/mol. The molecule has 0 aliphatic heterocycles. The summed E-state index contributed by atoms with van der Waals surface area (Å²) in [6.07, 6.45) is 1.73. The van der Waals surface area contributed by atoms with Gasteiger partial charge in [0.1, 0.15) is 17.9 Å². The fourth-order valence-electron chi connectivity index (χ4n) is 2.30. The highest BCUT2D eigenvalue weighted by Crippen LogP contribution is 2.25. The maximum Gasteiger partial charge on any atom is 0.196 e. The van der Waals surface area contributed by atoms with Crippen molar-refractivity contribution in [2.45, 2.75) is 30.9 Å². The van der Waals surface area contributed by atoms with Gasteiger partial charge in [0.2, 0.25) is 0 Å². The van der Waals surface area contributed by atoms with Gasteiger partial charge in [0.05, 0.1) is 19.4 Å². The lowest BCUT2D eigenvalue weighted by atomic mass is 10.3. The molecule has 0 saturated carbocycles. The summed E-state index contributed by atoms with van der Waals surface area (Å²) in [6, 6.07) is 7.72. The van der Waals surface area contributed by atoms with E-state index in [9.17, 15) is 0 Å². The van der Waals surface area contributed by atoms with Crippen molar-refractivity contribution in [1.82, 2.24) is 29.5 Å². The van der Waals surface area contributed by atoms with Crippen LogP contribution in [0.25, 0.3) is 5.69 Å². The molecule has 0 atom stereocenters. The van der Waals surface area contributed by atoms with Crippen LogP contribution < -0.4 is 10.5 Å². The lowest BCUT2D eigenvalue weighted by Crippen LogP contribution is -2.08. The van der Waals surface area contributed by atoms with E-state index in [1.54, 1.807) is 25.2 Å². The Balaban J connectivity index is 1.87. The van der Waals surface area contributed by atoms with E-state index in [2.05, 4.69) is 27.3 Å². The molecule has 0 radical (unpaired) electrons. The van der Waals surface area contributed by atoms with Gasteiger partial charge in [0, 0.05) is 12.2 Å². The van der Waals surface area contributed by atoms with Crippen molar-refractivity contribution in [2.24, 2.45) is 5.73 Å². The van der Waals surface area contributed by atoms with Crippen LogP contribution in [0.4, 0.5) is 0 Å². The molecule has 0 unspecified atom stereocenters. The predicted octanol–water partition coefficient (Wildman–Crippen LogP) is 1.64. The van der Waals surface area contributed by atoms with Crippen molar-refractivity contribution >= 4 is 11.8 Å². The number of hydrogen-bond donors (Lipinski definition) is 1. The number of rotatable bonds is 7. The predicted molar refractivity (Wildman–Crippen MR) is 91.1 cm³/mol.